The molecule has 0 aliphatic carbocycles. The van der Waals surface area contributed by atoms with Gasteiger partial charge >= 0.3 is 0 Å². The molecule has 1 atom stereocenters. The van der Waals surface area contributed by atoms with Crippen LogP contribution in [0.5, 0.6) is 0 Å². The lowest BCUT2D eigenvalue weighted by atomic mass is 10.2. The number of hydrogen-bond acceptors (Lipinski definition) is 8. The minimum Gasteiger partial charge on any atom is -0.362 e. The highest BCUT2D eigenvalue weighted by Crippen LogP contribution is 2.24. The molecule has 1 fully saturated rings. The van der Waals surface area contributed by atoms with E-state index in [0.717, 1.165) is 43.4 Å². The van der Waals surface area contributed by atoms with E-state index in [-0.39, 0.29) is 11.9 Å². The van der Waals surface area contributed by atoms with Crippen LogP contribution in [-0.2, 0) is 0 Å². The number of nitrogens with one attached hydrogen (secondary N) is 3. The van der Waals surface area contributed by atoms with Gasteiger partial charge in [0.25, 0.3) is 0 Å². The molecule has 1 aliphatic heterocycles. The molecule has 158 valence electrons. The molecule has 9 nitrogen and oxygen atoms in total. The van der Waals surface area contributed by atoms with Gasteiger partial charge in [0.2, 0.25) is 5.95 Å². The molecule has 0 saturated carbocycles. The molecule has 4 heterocycles. The quantitative estimate of drug-likeness (QED) is 0.570. The number of piperazine rings is 1. The van der Waals surface area contributed by atoms with Crippen LogP contribution in [0.3, 0.4) is 0 Å². The summed E-state index contributed by atoms with van der Waals surface area (Å²) in [5.74, 6) is 2.26. The summed E-state index contributed by atoms with van der Waals surface area (Å²) in [5, 5.41) is 13.6. The maximum atomic E-state index is 13.2. The van der Waals surface area contributed by atoms with Crippen molar-refractivity contribution in [3.8, 4) is 0 Å². The van der Waals surface area contributed by atoms with Gasteiger partial charge in [0.15, 0.2) is 5.82 Å². The van der Waals surface area contributed by atoms with Crippen LogP contribution < -0.4 is 15.5 Å². The van der Waals surface area contributed by atoms with E-state index in [1.54, 1.807) is 6.07 Å². The van der Waals surface area contributed by atoms with Crippen LogP contribution in [0.2, 0.25) is 0 Å². The van der Waals surface area contributed by atoms with Crippen molar-refractivity contribution in [2.24, 2.45) is 0 Å². The van der Waals surface area contributed by atoms with Crippen LogP contribution in [0, 0.1) is 12.7 Å². The van der Waals surface area contributed by atoms with Gasteiger partial charge < -0.3 is 20.4 Å². The maximum Gasteiger partial charge on any atom is 0.232 e. The lowest BCUT2D eigenvalue weighted by Crippen LogP contribution is -2.44. The molecule has 1 aliphatic rings. The summed E-state index contributed by atoms with van der Waals surface area (Å²) >= 11 is 0. The van der Waals surface area contributed by atoms with Crippen LogP contribution in [-0.4, -0.2) is 63.3 Å². The highest BCUT2D eigenvalue weighted by molar-refractivity contribution is 5.58. The van der Waals surface area contributed by atoms with Crippen molar-refractivity contribution >= 4 is 23.4 Å². The Morgan fingerprint density at radius 3 is 2.57 bits per heavy atom. The third kappa shape index (κ3) is 4.82. The first-order valence-corrected chi connectivity index (χ1v) is 9.96. The number of aromatic amines is 1. The highest BCUT2D eigenvalue weighted by atomic mass is 19.1. The van der Waals surface area contributed by atoms with E-state index in [0.29, 0.717) is 17.6 Å². The van der Waals surface area contributed by atoms with Gasteiger partial charge in [0.05, 0.1) is 17.9 Å². The lowest BCUT2D eigenvalue weighted by molar-refractivity contribution is 0.312. The fraction of sp³-hybridized carbons (Fsp3) is 0.400. The molecule has 3 aromatic heterocycles. The second-order valence-electron chi connectivity index (χ2n) is 7.55. The van der Waals surface area contributed by atoms with Crippen molar-refractivity contribution in [2.45, 2.75) is 19.9 Å². The van der Waals surface area contributed by atoms with Crippen LogP contribution in [0.4, 0.5) is 27.8 Å². The van der Waals surface area contributed by atoms with Crippen molar-refractivity contribution < 1.29 is 4.39 Å². The van der Waals surface area contributed by atoms with Crippen molar-refractivity contribution in [1.29, 1.82) is 0 Å². The summed E-state index contributed by atoms with van der Waals surface area (Å²) in [5.41, 5.74) is 1.68. The number of H-pyrrole nitrogens is 1. The predicted molar refractivity (Wildman–Crippen MR) is 115 cm³/mol. The third-order valence-corrected chi connectivity index (χ3v) is 5.04. The Kier molecular flexibility index (Phi) is 5.75. The number of nitrogens with zero attached hydrogens (tertiary/aromatic N) is 6. The first-order chi connectivity index (χ1) is 14.5. The molecule has 3 N–H and O–H groups in total. The van der Waals surface area contributed by atoms with Gasteiger partial charge in [-0.15, -0.1) is 0 Å². The van der Waals surface area contributed by atoms with E-state index in [4.69, 9.17) is 4.98 Å². The van der Waals surface area contributed by atoms with Gasteiger partial charge in [-0.1, -0.05) is 0 Å². The lowest BCUT2D eigenvalue weighted by Gasteiger charge is -2.33. The summed E-state index contributed by atoms with van der Waals surface area (Å²) < 4.78 is 13.2. The van der Waals surface area contributed by atoms with E-state index in [2.05, 4.69) is 47.6 Å². The summed E-state index contributed by atoms with van der Waals surface area (Å²) in [6.45, 7) is 7.63. The van der Waals surface area contributed by atoms with Crippen LogP contribution in [0.25, 0.3) is 0 Å². The molecule has 0 radical (unpaired) electrons. The topological polar surface area (TPSA) is 97.9 Å². The second-order valence-corrected chi connectivity index (χ2v) is 7.55. The van der Waals surface area contributed by atoms with Crippen LogP contribution in [0.15, 0.2) is 30.5 Å². The smallest absolute Gasteiger partial charge is 0.232 e. The Bertz CT molecular complexity index is 980. The Morgan fingerprint density at radius 1 is 1.10 bits per heavy atom. The number of aromatic nitrogens is 5. The molecule has 30 heavy (non-hydrogen) atoms. The number of pyridine rings is 1. The molecule has 0 amide bonds. The number of halogens is 1. The number of likely N-dealkylation sites (N-methyl/N-ethyl adjacent to an activating group) is 1. The van der Waals surface area contributed by atoms with Crippen molar-refractivity contribution in [3.63, 3.8) is 0 Å². The molecular formula is C20H26FN9. The van der Waals surface area contributed by atoms with E-state index >= 15 is 0 Å². The van der Waals surface area contributed by atoms with E-state index in [1.807, 2.05) is 26.0 Å². The zero-order chi connectivity index (χ0) is 21.1. The Hall–Kier alpha value is -3.27. The van der Waals surface area contributed by atoms with E-state index in [1.165, 1.54) is 12.3 Å². The largest absolute Gasteiger partial charge is 0.362 e. The summed E-state index contributed by atoms with van der Waals surface area (Å²) in [6.07, 6.45) is 1.22. The molecule has 0 unspecified atom stereocenters. The van der Waals surface area contributed by atoms with Gasteiger partial charge in [0, 0.05) is 44.0 Å². The minimum absolute atomic E-state index is 0.152. The molecule has 0 bridgehead atoms. The van der Waals surface area contributed by atoms with Crippen molar-refractivity contribution in [1.82, 2.24) is 30.0 Å². The first-order valence-electron chi connectivity index (χ1n) is 9.96. The molecule has 0 spiro atoms. The Morgan fingerprint density at radius 2 is 1.90 bits per heavy atom. The van der Waals surface area contributed by atoms with Gasteiger partial charge in [-0.25, -0.2) is 4.39 Å². The van der Waals surface area contributed by atoms with Crippen molar-refractivity contribution in [3.05, 3.63) is 47.7 Å². The molecule has 3 aromatic rings. The standard InChI is InChI=1S/C20H26FN9/c1-13-10-18(28-27-13)25-20-24-17(23-14(2)16-5-4-15(21)12-22-16)11-19(26-20)30-8-6-29(3)7-9-30/h4-5,10-12,14H,6-9H2,1-3H3,(H3,23,24,25,26,27,28)/t14-/m0/s1. The monoisotopic (exact) mass is 411 g/mol. The zero-order valence-electron chi connectivity index (χ0n) is 17.4. The van der Waals surface area contributed by atoms with Crippen LogP contribution >= 0.6 is 0 Å². The maximum absolute atomic E-state index is 13.2. The fourth-order valence-electron chi connectivity index (χ4n) is 3.30. The van der Waals surface area contributed by atoms with Gasteiger partial charge in [0.1, 0.15) is 17.5 Å². The van der Waals surface area contributed by atoms with Gasteiger partial charge in [-0.3, -0.25) is 10.1 Å². The average molecular weight is 411 g/mol. The minimum atomic E-state index is -0.355. The predicted octanol–water partition coefficient (Wildman–Crippen LogP) is 2.71. The Labute approximate surface area is 174 Å². The Balaban J connectivity index is 1.59. The summed E-state index contributed by atoms with van der Waals surface area (Å²) in [6, 6.07) is 6.75. The van der Waals surface area contributed by atoms with Crippen LogP contribution in [0.1, 0.15) is 24.4 Å². The SMILES string of the molecule is Cc1cc(Nc2nc(N[C@@H](C)c3ccc(F)cn3)cc(N3CCN(C)CC3)n2)n[nH]1. The molecular weight excluding hydrogens is 385 g/mol. The summed E-state index contributed by atoms with van der Waals surface area (Å²) in [4.78, 5) is 18.0. The zero-order valence-corrected chi connectivity index (χ0v) is 17.4. The number of hydrogen-bond donors (Lipinski definition) is 3. The number of rotatable bonds is 6. The van der Waals surface area contributed by atoms with E-state index < -0.39 is 0 Å². The average Bonchev–Trinajstić information content (AvgIpc) is 3.13. The normalized spacial score (nSPS) is 15.8. The second kappa shape index (κ2) is 8.62. The molecule has 0 aromatic carbocycles. The first kappa shape index (κ1) is 20.0. The van der Waals surface area contributed by atoms with E-state index in [9.17, 15) is 4.39 Å². The number of anilines is 4. The fourth-order valence-corrected chi connectivity index (χ4v) is 3.30. The molecule has 4 rings (SSSR count). The van der Waals surface area contributed by atoms with Gasteiger partial charge in [-0.2, -0.15) is 15.1 Å². The summed E-state index contributed by atoms with van der Waals surface area (Å²) in [7, 11) is 2.12. The third-order valence-electron chi connectivity index (χ3n) is 5.04. The van der Waals surface area contributed by atoms with Gasteiger partial charge in [-0.05, 0) is 33.0 Å². The molecule has 10 heteroatoms. The van der Waals surface area contributed by atoms with Crippen molar-refractivity contribution in [2.75, 3.05) is 48.8 Å². The highest BCUT2D eigenvalue weighted by Gasteiger charge is 2.18. The number of aryl methyl sites for hydroxylation is 1. The molecule has 1 saturated heterocycles.